The van der Waals surface area contributed by atoms with Gasteiger partial charge in [0.1, 0.15) is 21.8 Å². The number of benzene rings is 1. The predicted molar refractivity (Wildman–Crippen MR) is 121 cm³/mol. The van der Waals surface area contributed by atoms with E-state index >= 15 is 0 Å². The van der Waals surface area contributed by atoms with E-state index in [1.807, 2.05) is 60.0 Å². The standard InChI is InChI=1S/C23H15N3O2S2/c24-15-17(10-4-9-16-7-2-1-3-8-16)22-25-20(19-12-6-14-29-19)23(30-22)26-21(27)18-11-5-13-28-18/h1-14H,(H,26,27)/b9-4+,17-10+. The molecule has 7 heteroatoms. The molecule has 1 N–H and O–H groups in total. The van der Waals surface area contributed by atoms with Gasteiger partial charge in [0.15, 0.2) is 5.76 Å². The van der Waals surface area contributed by atoms with Gasteiger partial charge in [0, 0.05) is 0 Å². The molecule has 3 heterocycles. The minimum absolute atomic E-state index is 0.212. The van der Waals surface area contributed by atoms with Crippen LogP contribution in [-0.2, 0) is 0 Å². The van der Waals surface area contributed by atoms with E-state index in [9.17, 15) is 10.1 Å². The number of nitrogens with one attached hydrogen (secondary N) is 1. The fraction of sp³-hybridized carbons (Fsp3) is 0. The Labute approximate surface area is 181 Å². The zero-order valence-corrected chi connectivity index (χ0v) is 17.2. The van der Waals surface area contributed by atoms with E-state index in [0.29, 0.717) is 21.3 Å². The molecular weight excluding hydrogens is 414 g/mol. The van der Waals surface area contributed by atoms with Crippen molar-refractivity contribution in [3.05, 3.63) is 94.7 Å². The molecule has 0 spiro atoms. The SMILES string of the molecule is N#C/C(=C\C=C\c1ccccc1)c1nc(-c2cccs2)c(NC(=O)c2ccco2)s1. The minimum Gasteiger partial charge on any atom is -0.459 e. The summed E-state index contributed by atoms with van der Waals surface area (Å²) in [5.41, 5.74) is 2.09. The Morgan fingerprint density at radius 3 is 2.70 bits per heavy atom. The first kappa shape index (κ1) is 19.6. The summed E-state index contributed by atoms with van der Waals surface area (Å²) < 4.78 is 5.17. The first-order chi connectivity index (χ1) is 14.7. The number of hydrogen-bond donors (Lipinski definition) is 1. The molecule has 0 bridgehead atoms. The van der Waals surface area contributed by atoms with Gasteiger partial charge in [-0.3, -0.25) is 4.79 Å². The summed E-state index contributed by atoms with van der Waals surface area (Å²) in [4.78, 5) is 18.0. The van der Waals surface area contributed by atoms with Gasteiger partial charge in [0.25, 0.3) is 5.91 Å². The summed E-state index contributed by atoms with van der Waals surface area (Å²) in [6, 6.07) is 19.1. The molecule has 3 aromatic heterocycles. The zero-order chi connectivity index (χ0) is 20.8. The number of anilines is 1. The van der Waals surface area contributed by atoms with Gasteiger partial charge in [-0.05, 0) is 35.2 Å². The molecule has 0 saturated heterocycles. The Morgan fingerprint density at radius 2 is 2.00 bits per heavy atom. The lowest BCUT2D eigenvalue weighted by Gasteiger charge is -2.01. The van der Waals surface area contributed by atoms with Crippen molar-refractivity contribution in [3.63, 3.8) is 0 Å². The van der Waals surface area contributed by atoms with Gasteiger partial charge in [0.05, 0.1) is 16.7 Å². The zero-order valence-electron chi connectivity index (χ0n) is 15.6. The monoisotopic (exact) mass is 429 g/mol. The second-order valence-corrected chi connectivity index (χ2v) is 8.01. The quantitative estimate of drug-likeness (QED) is 0.287. The molecule has 4 rings (SSSR count). The number of aromatic nitrogens is 1. The number of thiophene rings is 1. The number of carbonyl (C=O) groups excluding carboxylic acids is 1. The smallest absolute Gasteiger partial charge is 0.292 e. The van der Waals surface area contributed by atoms with Gasteiger partial charge in [-0.25, -0.2) is 4.98 Å². The lowest BCUT2D eigenvalue weighted by Crippen LogP contribution is -2.10. The average molecular weight is 430 g/mol. The van der Waals surface area contributed by atoms with Crippen LogP contribution in [0.25, 0.3) is 22.2 Å². The highest BCUT2D eigenvalue weighted by Gasteiger charge is 2.19. The van der Waals surface area contributed by atoms with Crippen molar-refractivity contribution in [2.75, 3.05) is 5.32 Å². The molecule has 0 atom stereocenters. The largest absolute Gasteiger partial charge is 0.459 e. The Kier molecular flexibility index (Phi) is 5.99. The molecule has 1 amide bonds. The highest BCUT2D eigenvalue weighted by atomic mass is 32.1. The molecule has 0 unspecified atom stereocenters. The third-order valence-electron chi connectivity index (χ3n) is 4.06. The molecule has 5 nitrogen and oxygen atoms in total. The van der Waals surface area contributed by atoms with E-state index in [1.165, 1.54) is 28.9 Å². The number of allylic oxidation sites excluding steroid dienone is 3. The topological polar surface area (TPSA) is 78.9 Å². The van der Waals surface area contributed by atoms with Crippen LogP contribution >= 0.6 is 22.7 Å². The second-order valence-electron chi connectivity index (χ2n) is 6.07. The van der Waals surface area contributed by atoms with Gasteiger partial charge in [-0.2, -0.15) is 5.26 Å². The maximum atomic E-state index is 12.5. The van der Waals surface area contributed by atoms with E-state index in [0.717, 1.165) is 10.4 Å². The van der Waals surface area contributed by atoms with Crippen LogP contribution in [0.4, 0.5) is 5.00 Å². The third kappa shape index (κ3) is 4.46. The number of carbonyl (C=O) groups is 1. The maximum Gasteiger partial charge on any atom is 0.292 e. The van der Waals surface area contributed by atoms with Gasteiger partial charge < -0.3 is 9.73 Å². The normalized spacial score (nSPS) is 11.5. The summed E-state index contributed by atoms with van der Waals surface area (Å²) in [5.74, 6) is -0.150. The molecule has 0 fully saturated rings. The van der Waals surface area contributed by atoms with Crippen molar-refractivity contribution >= 4 is 45.2 Å². The van der Waals surface area contributed by atoms with Gasteiger partial charge in [-0.1, -0.05) is 59.9 Å². The summed E-state index contributed by atoms with van der Waals surface area (Å²) in [5, 5.41) is 15.6. The Morgan fingerprint density at radius 1 is 1.13 bits per heavy atom. The van der Waals surface area contributed by atoms with Crippen LogP contribution in [0.1, 0.15) is 21.1 Å². The van der Waals surface area contributed by atoms with Gasteiger partial charge >= 0.3 is 0 Å². The van der Waals surface area contributed by atoms with Crippen molar-refractivity contribution in [1.82, 2.24) is 4.98 Å². The van der Waals surface area contributed by atoms with Crippen LogP contribution in [0.5, 0.6) is 0 Å². The highest BCUT2D eigenvalue weighted by Crippen LogP contribution is 2.38. The Bertz CT molecular complexity index is 1230. The van der Waals surface area contributed by atoms with E-state index in [2.05, 4.69) is 16.4 Å². The van der Waals surface area contributed by atoms with Crippen LogP contribution in [0.15, 0.2) is 82.8 Å². The number of furan rings is 1. The van der Waals surface area contributed by atoms with Crippen molar-refractivity contribution in [3.8, 4) is 16.6 Å². The fourth-order valence-electron chi connectivity index (χ4n) is 2.65. The van der Waals surface area contributed by atoms with Crippen molar-refractivity contribution in [2.24, 2.45) is 0 Å². The fourth-order valence-corrected chi connectivity index (χ4v) is 4.38. The minimum atomic E-state index is -0.362. The number of thiazole rings is 1. The van der Waals surface area contributed by atoms with E-state index in [4.69, 9.17) is 4.42 Å². The van der Waals surface area contributed by atoms with E-state index < -0.39 is 0 Å². The molecule has 0 aliphatic carbocycles. The Balaban J connectivity index is 1.66. The highest BCUT2D eigenvalue weighted by molar-refractivity contribution is 7.18. The summed E-state index contributed by atoms with van der Waals surface area (Å²) >= 11 is 2.78. The molecule has 4 aromatic rings. The van der Waals surface area contributed by atoms with Crippen LogP contribution < -0.4 is 5.32 Å². The first-order valence-electron chi connectivity index (χ1n) is 8.98. The van der Waals surface area contributed by atoms with Crippen molar-refractivity contribution < 1.29 is 9.21 Å². The van der Waals surface area contributed by atoms with Crippen LogP contribution in [0.3, 0.4) is 0 Å². The average Bonchev–Trinajstić information content (AvgIpc) is 3.54. The van der Waals surface area contributed by atoms with Gasteiger partial charge in [0.2, 0.25) is 0 Å². The molecule has 0 radical (unpaired) electrons. The molecule has 1 aromatic carbocycles. The Hall–Kier alpha value is -3.73. The van der Waals surface area contributed by atoms with E-state index in [-0.39, 0.29) is 11.7 Å². The summed E-state index contributed by atoms with van der Waals surface area (Å²) in [7, 11) is 0. The molecular formula is C23H15N3O2S2. The molecule has 30 heavy (non-hydrogen) atoms. The van der Waals surface area contributed by atoms with Crippen molar-refractivity contribution in [1.29, 1.82) is 5.26 Å². The lowest BCUT2D eigenvalue weighted by molar-refractivity contribution is 0.0997. The number of nitrogens with zero attached hydrogens (tertiary/aromatic N) is 2. The lowest BCUT2D eigenvalue weighted by atomic mass is 10.2. The first-order valence-corrected chi connectivity index (χ1v) is 10.7. The summed E-state index contributed by atoms with van der Waals surface area (Å²) in [6.45, 7) is 0. The molecule has 146 valence electrons. The van der Waals surface area contributed by atoms with Gasteiger partial charge in [-0.15, -0.1) is 11.3 Å². The van der Waals surface area contributed by atoms with Crippen LogP contribution in [0.2, 0.25) is 0 Å². The molecule has 0 saturated carbocycles. The number of nitriles is 1. The maximum absolute atomic E-state index is 12.5. The van der Waals surface area contributed by atoms with Crippen LogP contribution in [-0.4, -0.2) is 10.9 Å². The van der Waals surface area contributed by atoms with E-state index in [1.54, 1.807) is 18.2 Å². The number of hydrogen-bond acceptors (Lipinski definition) is 6. The van der Waals surface area contributed by atoms with Crippen molar-refractivity contribution in [2.45, 2.75) is 0 Å². The predicted octanol–water partition coefficient (Wildman–Crippen LogP) is 6.34. The third-order valence-corrected chi connectivity index (χ3v) is 5.94. The summed E-state index contributed by atoms with van der Waals surface area (Å²) in [6.07, 6.45) is 6.91. The molecule has 0 aliphatic rings. The number of rotatable bonds is 6. The van der Waals surface area contributed by atoms with Crippen LogP contribution in [0, 0.1) is 11.3 Å². The number of amides is 1. The second kappa shape index (κ2) is 9.18. The molecule has 0 aliphatic heterocycles.